The summed E-state index contributed by atoms with van der Waals surface area (Å²) >= 11 is 6.02. The van der Waals surface area contributed by atoms with Crippen molar-refractivity contribution in [3.8, 4) is 6.07 Å². The number of amides is 2. The van der Waals surface area contributed by atoms with Crippen molar-refractivity contribution in [2.75, 3.05) is 24.2 Å². The Balaban J connectivity index is 1.95. The molecule has 134 valence electrons. The van der Waals surface area contributed by atoms with Gasteiger partial charge in [0.2, 0.25) is 11.8 Å². The largest absolute Gasteiger partial charge is 0.324 e. The minimum absolute atomic E-state index is 0.0136. The van der Waals surface area contributed by atoms with Gasteiger partial charge in [-0.2, -0.15) is 5.26 Å². The number of para-hydroxylation sites is 2. The summed E-state index contributed by atoms with van der Waals surface area (Å²) in [4.78, 5) is 26.2. The van der Waals surface area contributed by atoms with Crippen molar-refractivity contribution in [1.82, 2.24) is 4.90 Å². The molecular formula is C19H19ClN4O2. The maximum absolute atomic E-state index is 12.4. The second-order valence-corrected chi connectivity index (χ2v) is 6.17. The van der Waals surface area contributed by atoms with Crippen LogP contribution in [0.1, 0.15) is 12.5 Å². The van der Waals surface area contributed by atoms with E-state index in [-0.39, 0.29) is 18.4 Å². The number of anilines is 2. The predicted octanol–water partition coefficient (Wildman–Crippen LogP) is 3.11. The van der Waals surface area contributed by atoms with E-state index in [1.165, 1.54) is 0 Å². The van der Waals surface area contributed by atoms with E-state index in [2.05, 4.69) is 10.6 Å². The lowest BCUT2D eigenvalue weighted by molar-refractivity contribution is -0.122. The smallest absolute Gasteiger partial charge is 0.241 e. The molecule has 26 heavy (non-hydrogen) atoms. The molecule has 0 unspecified atom stereocenters. The van der Waals surface area contributed by atoms with Gasteiger partial charge in [-0.3, -0.25) is 14.5 Å². The van der Waals surface area contributed by atoms with Crippen LogP contribution in [-0.4, -0.2) is 36.3 Å². The maximum Gasteiger partial charge on any atom is 0.241 e. The van der Waals surface area contributed by atoms with E-state index in [1.54, 1.807) is 67.4 Å². The number of nitrogens with zero attached hydrogens (tertiary/aromatic N) is 2. The fourth-order valence-electron chi connectivity index (χ4n) is 2.24. The first-order valence-electron chi connectivity index (χ1n) is 7.97. The summed E-state index contributed by atoms with van der Waals surface area (Å²) in [6, 6.07) is 15.1. The highest BCUT2D eigenvalue weighted by Crippen LogP contribution is 2.20. The van der Waals surface area contributed by atoms with Crippen LogP contribution in [0.25, 0.3) is 0 Å². The zero-order valence-electron chi connectivity index (χ0n) is 14.5. The molecule has 0 aliphatic rings. The Hall–Kier alpha value is -2.88. The molecule has 0 spiro atoms. The first-order valence-corrected chi connectivity index (χ1v) is 8.34. The zero-order valence-corrected chi connectivity index (χ0v) is 15.2. The van der Waals surface area contributed by atoms with E-state index in [9.17, 15) is 9.59 Å². The van der Waals surface area contributed by atoms with Crippen molar-refractivity contribution in [3.63, 3.8) is 0 Å². The average Bonchev–Trinajstić information content (AvgIpc) is 2.63. The third-order valence-electron chi connectivity index (χ3n) is 3.89. The highest BCUT2D eigenvalue weighted by atomic mass is 35.5. The summed E-state index contributed by atoms with van der Waals surface area (Å²) in [5, 5.41) is 15.0. The molecular weight excluding hydrogens is 352 g/mol. The van der Waals surface area contributed by atoms with Crippen LogP contribution in [0.4, 0.5) is 11.4 Å². The summed E-state index contributed by atoms with van der Waals surface area (Å²) in [6.45, 7) is 1.70. The number of likely N-dealkylation sites (N-methyl/N-ethyl adjacent to an activating group) is 1. The second kappa shape index (κ2) is 8.99. The van der Waals surface area contributed by atoms with Gasteiger partial charge in [0, 0.05) is 0 Å². The molecule has 2 aromatic rings. The molecule has 0 fully saturated rings. The van der Waals surface area contributed by atoms with Gasteiger partial charge in [-0.15, -0.1) is 0 Å². The Bertz CT molecular complexity index is 847. The SMILES string of the molecule is C[C@H](C(=O)Nc1ccccc1C#N)N(C)CC(=O)Nc1ccccc1Cl. The van der Waals surface area contributed by atoms with Crippen LogP contribution >= 0.6 is 11.6 Å². The van der Waals surface area contributed by atoms with Gasteiger partial charge in [0.1, 0.15) is 6.07 Å². The number of carbonyl (C=O) groups excluding carboxylic acids is 2. The highest BCUT2D eigenvalue weighted by molar-refractivity contribution is 6.33. The third-order valence-corrected chi connectivity index (χ3v) is 4.22. The normalized spacial score (nSPS) is 11.5. The summed E-state index contributed by atoms with van der Waals surface area (Å²) in [7, 11) is 1.67. The monoisotopic (exact) mass is 370 g/mol. The second-order valence-electron chi connectivity index (χ2n) is 5.77. The first-order chi connectivity index (χ1) is 12.4. The number of benzene rings is 2. The zero-order chi connectivity index (χ0) is 19.1. The van der Waals surface area contributed by atoms with E-state index < -0.39 is 6.04 Å². The van der Waals surface area contributed by atoms with Crippen molar-refractivity contribution in [3.05, 3.63) is 59.1 Å². The van der Waals surface area contributed by atoms with Gasteiger partial charge in [-0.05, 0) is 38.2 Å². The molecule has 0 heterocycles. The fourth-order valence-corrected chi connectivity index (χ4v) is 2.43. The number of nitriles is 1. The van der Waals surface area contributed by atoms with Crippen LogP contribution in [0.3, 0.4) is 0 Å². The van der Waals surface area contributed by atoms with E-state index in [0.717, 1.165) is 0 Å². The van der Waals surface area contributed by atoms with Gasteiger partial charge in [-0.25, -0.2) is 0 Å². The number of hydrogen-bond donors (Lipinski definition) is 2. The van der Waals surface area contributed by atoms with Crippen LogP contribution in [0.15, 0.2) is 48.5 Å². The van der Waals surface area contributed by atoms with Gasteiger partial charge < -0.3 is 10.6 Å². The molecule has 1 atom stereocenters. The number of rotatable bonds is 6. The molecule has 2 amide bonds. The Morgan fingerprint density at radius 3 is 2.38 bits per heavy atom. The minimum Gasteiger partial charge on any atom is -0.324 e. The lowest BCUT2D eigenvalue weighted by atomic mass is 10.2. The van der Waals surface area contributed by atoms with Crippen LogP contribution in [0.5, 0.6) is 0 Å². The molecule has 0 aliphatic carbocycles. The molecule has 2 N–H and O–H groups in total. The molecule has 0 radical (unpaired) electrons. The van der Waals surface area contributed by atoms with Crippen LogP contribution in [0, 0.1) is 11.3 Å². The molecule has 0 bridgehead atoms. The molecule has 0 saturated heterocycles. The number of halogens is 1. The lowest BCUT2D eigenvalue weighted by Crippen LogP contribution is -2.43. The van der Waals surface area contributed by atoms with Gasteiger partial charge in [0.05, 0.1) is 34.5 Å². The van der Waals surface area contributed by atoms with Gasteiger partial charge in [-0.1, -0.05) is 35.9 Å². The summed E-state index contributed by atoms with van der Waals surface area (Å²) in [6.07, 6.45) is 0. The van der Waals surface area contributed by atoms with E-state index in [0.29, 0.717) is 22.0 Å². The maximum atomic E-state index is 12.4. The molecule has 2 rings (SSSR count). The van der Waals surface area contributed by atoms with Crippen molar-refractivity contribution < 1.29 is 9.59 Å². The average molecular weight is 371 g/mol. The van der Waals surface area contributed by atoms with Crippen LogP contribution in [0.2, 0.25) is 5.02 Å². The van der Waals surface area contributed by atoms with Gasteiger partial charge >= 0.3 is 0 Å². The summed E-state index contributed by atoms with van der Waals surface area (Å²) in [5.41, 5.74) is 1.35. The third kappa shape index (κ3) is 5.06. The highest BCUT2D eigenvalue weighted by Gasteiger charge is 2.21. The molecule has 2 aromatic carbocycles. The fraction of sp³-hybridized carbons (Fsp3) is 0.211. The van der Waals surface area contributed by atoms with E-state index >= 15 is 0 Å². The Kier molecular flexibility index (Phi) is 6.73. The van der Waals surface area contributed by atoms with Crippen LogP contribution in [-0.2, 0) is 9.59 Å². The summed E-state index contributed by atoms with van der Waals surface area (Å²) < 4.78 is 0. The van der Waals surface area contributed by atoms with E-state index in [4.69, 9.17) is 16.9 Å². The Labute approximate surface area is 157 Å². The Morgan fingerprint density at radius 2 is 1.73 bits per heavy atom. The quantitative estimate of drug-likeness (QED) is 0.818. The number of carbonyl (C=O) groups is 2. The van der Waals surface area contributed by atoms with Gasteiger partial charge in [0.25, 0.3) is 0 Å². The standard InChI is InChI=1S/C19H19ClN4O2/c1-13(19(26)23-16-9-5-3-7-14(16)11-21)24(2)12-18(25)22-17-10-6-4-8-15(17)20/h3-10,13H,12H2,1-2H3,(H,22,25)(H,23,26)/t13-/m1/s1. The molecule has 6 nitrogen and oxygen atoms in total. The van der Waals surface area contributed by atoms with Crippen molar-refractivity contribution in [1.29, 1.82) is 5.26 Å². The van der Waals surface area contributed by atoms with Gasteiger partial charge in [0.15, 0.2) is 0 Å². The molecule has 0 saturated carbocycles. The molecule has 7 heteroatoms. The van der Waals surface area contributed by atoms with Crippen molar-refractivity contribution in [2.45, 2.75) is 13.0 Å². The van der Waals surface area contributed by atoms with Crippen molar-refractivity contribution in [2.24, 2.45) is 0 Å². The lowest BCUT2D eigenvalue weighted by Gasteiger charge is -2.23. The minimum atomic E-state index is -0.571. The van der Waals surface area contributed by atoms with Crippen LogP contribution < -0.4 is 10.6 Å². The first kappa shape index (κ1) is 19.4. The summed E-state index contributed by atoms with van der Waals surface area (Å²) in [5.74, 6) is -0.585. The number of hydrogen-bond acceptors (Lipinski definition) is 4. The molecule has 0 aromatic heterocycles. The topological polar surface area (TPSA) is 85.2 Å². The Morgan fingerprint density at radius 1 is 1.12 bits per heavy atom. The predicted molar refractivity (Wildman–Crippen MR) is 102 cm³/mol. The van der Waals surface area contributed by atoms with E-state index in [1.807, 2.05) is 6.07 Å². The molecule has 0 aliphatic heterocycles. The number of nitrogens with one attached hydrogen (secondary N) is 2. The van der Waals surface area contributed by atoms with Crippen molar-refractivity contribution >= 4 is 34.8 Å².